The summed E-state index contributed by atoms with van der Waals surface area (Å²) in [5.41, 5.74) is 2.16. The molecule has 0 aliphatic heterocycles. The van der Waals surface area contributed by atoms with Gasteiger partial charge < -0.3 is 10.3 Å². The van der Waals surface area contributed by atoms with Crippen molar-refractivity contribution < 1.29 is 4.79 Å². The molecule has 6 heteroatoms. The number of hydrogen-bond donors (Lipinski definition) is 2. The molecule has 4 aromatic rings. The zero-order valence-corrected chi connectivity index (χ0v) is 12.7. The number of nitrogens with zero attached hydrogens (tertiary/aromatic N) is 2. The van der Waals surface area contributed by atoms with Crippen LogP contribution < -0.4 is 10.9 Å². The second kappa shape index (κ2) is 5.66. The van der Waals surface area contributed by atoms with Crippen molar-refractivity contribution in [3.63, 3.8) is 0 Å². The van der Waals surface area contributed by atoms with Gasteiger partial charge in [0.2, 0.25) is 0 Å². The van der Waals surface area contributed by atoms with Crippen LogP contribution in [0.1, 0.15) is 15.9 Å². The Bertz CT molecular complexity index is 1100. The number of H-pyrrole nitrogens is 1. The SMILES string of the molecule is O=C(NCc1ccccc1)c1cnn2c1[nH]c(=O)c1ccccc12. The summed E-state index contributed by atoms with van der Waals surface area (Å²) >= 11 is 0. The van der Waals surface area contributed by atoms with Crippen LogP contribution >= 0.6 is 0 Å². The highest BCUT2D eigenvalue weighted by molar-refractivity contribution is 6.00. The molecule has 6 nitrogen and oxygen atoms in total. The minimum absolute atomic E-state index is 0.240. The lowest BCUT2D eigenvalue weighted by Crippen LogP contribution is -2.23. The fourth-order valence-corrected chi connectivity index (χ4v) is 2.72. The maximum atomic E-state index is 12.5. The third kappa shape index (κ3) is 2.34. The van der Waals surface area contributed by atoms with Gasteiger partial charge in [0, 0.05) is 6.54 Å². The number of amides is 1. The normalized spacial score (nSPS) is 11.0. The second-order valence-electron chi connectivity index (χ2n) is 5.46. The average Bonchev–Trinajstić information content (AvgIpc) is 3.05. The minimum Gasteiger partial charge on any atom is -0.348 e. The molecule has 0 saturated carbocycles. The number of aromatic nitrogens is 3. The van der Waals surface area contributed by atoms with Gasteiger partial charge in [-0.25, -0.2) is 4.52 Å². The standard InChI is InChI=1S/C18H14N4O2/c23-17(19-10-12-6-2-1-3-7-12)14-11-20-22-15-9-5-4-8-13(15)18(24)21-16(14)22/h1-9,11H,10H2,(H,19,23)(H,21,24). The Hall–Kier alpha value is -3.41. The highest BCUT2D eigenvalue weighted by Crippen LogP contribution is 2.14. The van der Waals surface area contributed by atoms with Crippen LogP contribution in [0, 0.1) is 0 Å². The molecule has 0 saturated heterocycles. The van der Waals surface area contributed by atoms with Crippen LogP contribution in [-0.2, 0) is 6.54 Å². The Kier molecular flexibility index (Phi) is 3.35. The number of carbonyl (C=O) groups is 1. The molecular formula is C18H14N4O2. The van der Waals surface area contributed by atoms with Crippen molar-refractivity contribution in [3.05, 3.63) is 82.3 Å². The van der Waals surface area contributed by atoms with Gasteiger partial charge in [-0.3, -0.25) is 9.59 Å². The van der Waals surface area contributed by atoms with E-state index < -0.39 is 0 Å². The van der Waals surface area contributed by atoms with E-state index in [1.54, 1.807) is 22.7 Å². The van der Waals surface area contributed by atoms with Crippen LogP contribution in [0.15, 0.2) is 65.6 Å². The molecule has 0 spiro atoms. The first kappa shape index (κ1) is 14.2. The average molecular weight is 318 g/mol. The summed E-state index contributed by atoms with van der Waals surface area (Å²) in [7, 11) is 0. The second-order valence-corrected chi connectivity index (χ2v) is 5.46. The summed E-state index contributed by atoms with van der Waals surface area (Å²) in [6.45, 7) is 0.412. The van der Waals surface area contributed by atoms with Crippen LogP contribution in [0.4, 0.5) is 0 Å². The van der Waals surface area contributed by atoms with E-state index in [2.05, 4.69) is 15.4 Å². The van der Waals surface area contributed by atoms with Crippen molar-refractivity contribution in [3.8, 4) is 0 Å². The molecule has 2 N–H and O–H groups in total. The van der Waals surface area contributed by atoms with Gasteiger partial charge in [-0.05, 0) is 17.7 Å². The van der Waals surface area contributed by atoms with E-state index >= 15 is 0 Å². The largest absolute Gasteiger partial charge is 0.348 e. The van der Waals surface area contributed by atoms with E-state index in [0.29, 0.717) is 28.7 Å². The quantitative estimate of drug-likeness (QED) is 0.607. The number of fused-ring (bicyclic) bond motifs is 3. The molecule has 118 valence electrons. The van der Waals surface area contributed by atoms with E-state index in [1.807, 2.05) is 36.4 Å². The summed E-state index contributed by atoms with van der Waals surface area (Å²) in [5, 5.41) is 7.63. The van der Waals surface area contributed by atoms with Crippen molar-refractivity contribution in [2.45, 2.75) is 6.54 Å². The predicted molar refractivity (Wildman–Crippen MR) is 90.9 cm³/mol. The van der Waals surface area contributed by atoms with E-state index in [9.17, 15) is 9.59 Å². The predicted octanol–water partition coefficient (Wildman–Crippen LogP) is 2.11. The lowest BCUT2D eigenvalue weighted by molar-refractivity contribution is 0.0952. The molecule has 0 fully saturated rings. The Morgan fingerprint density at radius 2 is 1.83 bits per heavy atom. The number of hydrogen-bond acceptors (Lipinski definition) is 3. The molecular weight excluding hydrogens is 304 g/mol. The Balaban J connectivity index is 1.72. The number of benzene rings is 2. The van der Waals surface area contributed by atoms with Crippen LogP contribution in [0.2, 0.25) is 0 Å². The molecule has 0 aliphatic carbocycles. The smallest absolute Gasteiger partial charge is 0.259 e. The molecule has 0 atom stereocenters. The van der Waals surface area contributed by atoms with Gasteiger partial charge in [-0.2, -0.15) is 5.10 Å². The number of aromatic amines is 1. The van der Waals surface area contributed by atoms with E-state index in [-0.39, 0.29) is 11.5 Å². The van der Waals surface area contributed by atoms with E-state index in [4.69, 9.17) is 0 Å². The van der Waals surface area contributed by atoms with Crippen molar-refractivity contribution in [2.24, 2.45) is 0 Å². The van der Waals surface area contributed by atoms with Gasteiger partial charge in [0.05, 0.1) is 17.1 Å². The minimum atomic E-state index is -0.278. The molecule has 0 bridgehead atoms. The van der Waals surface area contributed by atoms with Crippen molar-refractivity contribution in [1.29, 1.82) is 0 Å². The van der Waals surface area contributed by atoms with Crippen molar-refractivity contribution in [2.75, 3.05) is 0 Å². The van der Waals surface area contributed by atoms with Gasteiger partial charge in [0.25, 0.3) is 11.5 Å². The summed E-state index contributed by atoms with van der Waals surface area (Å²) < 4.78 is 1.58. The van der Waals surface area contributed by atoms with Gasteiger partial charge in [-0.1, -0.05) is 42.5 Å². The zero-order chi connectivity index (χ0) is 16.5. The summed E-state index contributed by atoms with van der Waals surface area (Å²) in [6.07, 6.45) is 1.47. The first-order chi connectivity index (χ1) is 11.7. The summed E-state index contributed by atoms with van der Waals surface area (Å²) in [6, 6.07) is 16.8. The van der Waals surface area contributed by atoms with Gasteiger partial charge in [0.1, 0.15) is 11.2 Å². The van der Waals surface area contributed by atoms with Crippen molar-refractivity contribution in [1.82, 2.24) is 19.9 Å². The van der Waals surface area contributed by atoms with Crippen molar-refractivity contribution >= 4 is 22.5 Å². The molecule has 2 aromatic carbocycles. The van der Waals surface area contributed by atoms with Crippen LogP contribution in [0.25, 0.3) is 16.6 Å². The molecule has 1 amide bonds. The first-order valence-corrected chi connectivity index (χ1v) is 7.55. The molecule has 2 heterocycles. The highest BCUT2D eigenvalue weighted by Gasteiger charge is 2.15. The van der Waals surface area contributed by atoms with Gasteiger partial charge >= 0.3 is 0 Å². The summed E-state index contributed by atoms with van der Waals surface area (Å²) in [4.78, 5) is 27.4. The van der Waals surface area contributed by atoms with Gasteiger partial charge in [-0.15, -0.1) is 0 Å². The molecule has 0 aliphatic rings. The topological polar surface area (TPSA) is 79.3 Å². The highest BCUT2D eigenvalue weighted by atomic mass is 16.1. The Morgan fingerprint density at radius 1 is 1.08 bits per heavy atom. The monoisotopic (exact) mass is 318 g/mol. The Labute approximate surface area is 136 Å². The van der Waals surface area contributed by atoms with Gasteiger partial charge in [0.15, 0.2) is 0 Å². The first-order valence-electron chi connectivity index (χ1n) is 7.55. The molecule has 4 rings (SSSR count). The lowest BCUT2D eigenvalue weighted by atomic mass is 10.2. The number of carbonyl (C=O) groups excluding carboxylic acids is 1. The fraction of sp³-hybridized carbons (Fsp3) is 0.0556. The fourth-order valence-electron chi connectivity index (χ4n) is 2.72. The maximum Gasteiger partial charge on any atom is 0.259 e. The molecule has 2 aromatic heterocycles. The number of rotatable bonds is 3. The maximum absolute atomic E-state index is 12.5. The third-order valence-electron chi connectivity index (χ3n) is 3.92. The van der Waals surface area contributed by atoms with Crippen LogP contribution in [0.5, 0.6) is 0 Å². The number of para-hydroxylation sites is 1. The third-order valence-corrected chi connectivity index (χ3v) is 3.92. The van der Waals surface area contributed by atoms with E-state index in [0.717, 1.165) is 5.56 Å². The molecule has 24 heavy (non-hydrogen) atoms. The Morgan fingerprint density at radius 3 is 2.67 bits per heavy atom. The lowest BCUT2D eigenvalue weighted by Gasteiger charge is -2.05. The zero-order valence-electron chi connectivity index (χ0n) is 12.7. The van der Waals surface area contributed by atoms with E-state index in [1.165, 1.54) is 6.20 Å². The number of nitrogens with one attached hydrogen (secondary N) is 2. The summed E-state index contributed by atoms with van der Waals surface area (Å²) in [5.74, 6) is -0.278. The van der Waals surface area contributed by atoms with Crippen LogP contribution in [0.3, 0.4) is 0 Å². The molecule has 0 radical (unpaired) electrons. The van der Waals surface area contributed by atoms with Crippen LogP contribution in [-0.4, -0.2) is 20.5 Å². The molecule has 0 unspecified atom stereocenters.